The minimum atomic E-state index is 0.162. The first-order valence-corrected chi connectivity index (χ1v) is 5.96. The van der Waals surface area contributed by atoms with Gasteiger partial charge in [-0.2, -0.15) is 5.10 Å². The predicted molar refractivity (Wildman–Crippen MR) is 67.2 cm³/mol. The minimum Gasteiger partial charge on any atom is -0.341 e. The number of aromatic nitrogens is 2. The molecule has 17 heavy (non-hydrogen) atoms. The molecule has 2 N–H and O–H groups in total. The summed E-state index contributed by atoms with van der Waals surface area (Å²) in [6.45, 7) is 2.58. The number of aryl methyl sites for hydroxylation is 1. The number of amides is 1. The Balaban J connectivity index is 2.31. The van der Waals surface area contributed by atoms with Crippen LogP contribution in [0.3, 0.4) is 0 Å². The molecule has 1 rings (SSSR count). The van der Waals surface area contributed by atoms with Crippen molar-refractivity contribution in [3.05, 3.63) is 18.0 Å². The van der Waals surface area contributed by atoms with Crippen LogP contribution in [0.15, 0.2) is 12.4 Å². The van der Waals surface area contributed by atoms with E-state index in [1.165, 1.54) is 0 Å². The molecule has 1 aromatic heterocycles. The number of hydrogen-bond donors (Lipinski definition) is 1. The molecule has 0 bridgehead atoms. The number of carbonyl (C=O) groups excluding carboxylic acids is 1. The van der Waals surface area contributed by atoms with Gasteiger partial charge in [-0.25, -0.2) is 0 Å². The van der Waals surface area contributed by atoms with Gasteiger partial charge in [0.1, 0.15) is 0 Å². The molecule has 0 spiro atoms. The van der Waals surface area contributed by atoms with Crippen LogP contribution >= 0.6 is 0 Å². The molecule has 0 saturated carbocycles. The summed E-state index contributed by atoms with van der Waals surface area (Å²) >= 11 is 0. The van der Waals surface area contributed by atoms with E-state index in [1.807, 2.05) is 27.2 Å². The molecular formula is C12H22N4O. The van der Waals surface area contributed by atoms with Crippen LogP contribution < -0.4 is 5.73 Å². The van der Waals surface area contributed by atoms with Crippen molar-refractivity contribution in [2.24, 2.45) is 12.8 Å². The van der Waals surface area contributed by atoms with E-state index in [0.717, 1.165) is 18.4 Å². The van der Waals surface area contributed by atoms with E-state index < -0.39 is 0 Å². The Morgan fingerprint density at radius 1 is 1.65 bits per heavy atom. The first-order valence-electron chi connectivity index (χ1n) is 5.96. The van der Waals surface area contributed by atoms with Crippen LogP contribution in [0.25, 0.3) is 0 Å². The number of carbonyl (C=O) groups is 1. The number of nitrogens with zero attached hydrogens (tertiary/aromatic N) is 3. The van der Waals surface area contributed by atoms with Gasteiger partial charge in [0, 0.05) is 44.9 Å². The third-order valence-electron chi connectivity index (χ3n) is 2.65. The Morgan fingerprint density at radius 3 is 2.88 bits per heavy atom. The molecule has 0 saturated heterocycles. The molecular weight excluding hydrogens is 216 g/mol. The fourth-order valence-corrected chi connectivity index (χ4v) is 1.68. The van der Waals surface area contributed by atoms with Crippen molar-refractivity contribution < 1.29 is 4.79 Å². The molecule has 96 valence electrons. The van der Waals surface area contributed by atoms with Crippen LogP contribution in [-0.2, 0) is 18.4 Å². The molecule has 0 aliphatic rings. The van der Waals surface area contributed by atoms with E-state index in [2.05, 4.69) is 5.10 Å². The molecule has 0 aliphatic carbocycles. The molecule has 1 unspecified atom stereocenters. The Morgan fingerprint density at radius 2 is 2.35 bits per heavy atom. The summed E-state index contributed by atoms with van der Waals surface area (Å²) < 4.78 is 1.74. The summed E-state index contributed by atoms with van der Waals surface area (Å²) in [6, 6.07) is 0.173. The van der Waals surface area contributed by atoms with E-state index in [9.17, 15) is 4.79 Å². The average molecular weight is 238 g/mol. The molecule has 0 aromatic carbocycles. The van der Waals surface area contributed by atoms with Crippen LogP contribution in [0.5, 0.6) is 0 Å². The van der Waals surface area contributed by atoms with Gasteiger partial charge in [0.25, 0.3) is 0 Å². The van der Waals surface area contributed by atoms with Gasteiger partial charge in [-0.3, -0.25) is 9.48 Å². The number of rotatable bonds is 6. The van der Waals surface area contributed by atoms with E-state index >= 15 is 0 Å². The normalized spacial score (nSPS) is 12.5. The van der Waals surface area contributed by atoms with Crippen molar-refractivity contribution in [1.82, 2.24) is 14.7 Å². The van der Waals surface area contributed by atoms with Crippen molar-refractivity contribution in [2.75, 3.05) is 7.05 Å². The molecule has 1 heterocycles. The third-order valence-corrected chi connectivity index (χ3v) is 2.65. The lowest BCUT2D eigenvalue weighted by atomic mass is 10.1. The highest BCUT2D eigenvalue weighted by molar-refractivity contribution is 5.75. The number of nitrogens with two attached hydrogens (primary N) is 1. The van der Waals surface area contributed by atoms with Crippen LogP contribution in [-0.4, -0.2) is 33.7 Å². The van der Waals surface area contributed by atoms with Gasteiger partial charge in [0.05, 0.1) is 6.20 Å². The summed E-state index contributed by atoms with van der Waals surface area (Å²) in [5.41, 5.74) is 6.70. The zero-order chi connectivity index (χ0) is 12.8. The van der Waals surface area contributed by atoms with Crippen molar-refractivity contribution in [3.63, 3.8) is 0 Å². The van der Waals surface area contributed by atoms with Crippen molar-refractivity contribution in [2.45, 2.75) is 38.8 Å². The Hall–Kier alpha value is -1.36. The zero-order valence-corrected chi connectivity index (χ0v) is 10.9. The minimum absolute atomic E-state index is 0.162. The maximum atomic E-state index is 11.8. The fourth-order valence-electron chi connectivity index (χ4n) is 1.68. The Labute approximate surface area is 103 Å². The second kappa shape index (κ2) is 6.39. The lowest BCUT2D eigenvalue weighted by molar-refractivity contribution is -0.130. The summed E-state index contributed by atoms with van der Waals surface area (Å²) in [5.74, 6) is 0.162. The predicted octanol–water partition coefficient (Wildman–Crippen LogP) is 0.896. The smallest absolute Gasteiger partial charge is 0.222 e. The maximum absolute atomic E-state index is 11.8. The summed E-state index contributed by atoms with van der Waals surface area (Å²) in [6.07, 6.45) is 6.02. The van der Waals surface area contributed by atoms with Crippen LogP contribution in [0.4, 0.5) is 0 Å². The number of hydrogen-bond acceptors (Lipinski definition) is 3. The SMILES string of the molecule is CC(N)CCCC(=O)N(C)Cc1cnn(C)c1. The quantitative estimate of drug-likeness (QED) is 0.800. The molecule has 0 radical (unpaired) electrons. The lowest BCUT2D eigenvalue weighted by Gasteiger charge is -2.16. The standard InChI is InChI=1S/C12H22N4O/c1-10(13)5-4-6-12(17)15(2)8-11-7-14-16(3)9-11/h7,9-10H,4-6,8,13H2,1-3H3. The summed E-state index contributed by atoms with van der Waals surface area (Å²) in [4.78, 5) is 13.5. The molecule has 0 aliphatic heterocycles. The van der Waals surface area contributed by atoms with Gasteiger partial charge in [-0.1, -0.05) is 0 Å². The third kappa shape index (κ3) is 4.99. The van der Waals surface area contributed by atoms with Crippen molar-refractivity contribution in [1.29, 1.82) is 0 Å². The summed E-state index contributed by atoms with van der Waals surface area (Å²) in [5, 5.41) is 4.08. The topological polar surface area (TPSA) is 64.2 Å². The first-order chi connectivity index (χ1) is 7.99. The molecule has 1 amide bonds. The second-order valence-corrected chi connectivity index (χ2v) is 4.64. The maximum Gasteiger partial charge on any atom is 0.222 e. The molecule has 0 fully saturated rings. The molecule has 5 heteroatoms. The highest BCUT2D eigenvalue weighted by Crippen LogP contribution is 2.06. The highest BCUT2D eigenvalue weighted by Gasteiger charge is 2.10. The second-order valence-electron chi connectivity index (χ2n) is 4.64. The van der Waals surface area contributed by atoms with E-state index in [0.29, 0.717) is 13.0 Å². The van der Waals surface area contributed by atoms with E-state index in [1.54, 1.807) is 15.8 Å². The van der Waals surface area contributed by atoms with Gasteiger partial charge >= 0.3 is 0 Å². The van der Waals surface area contributed by atoms with E-state index in [-0.39, 0.29) is 11.9 Å². The van der Waals surface area contributed by atoms with E-state index in [4.69, 9.17) is 5.73 Å². The summed E-state index contributed by atoms with van der Waals surface area (Å²) in [7, 11) is 3.69. The highest BCUT2D eigenvalue weighted by atomic mass is 16.2. The van der Waals surface area contributed by atoms with Gasteiger partial charge < -0.3 is 10.6 Å². The zero-order valence-electron chi connectivity index (χ0n) is 10.9. The van der Waals surface area contributed by atoms with Gasteiger partial charge in [0.2, 0.25) is 5.91 Å². The molecule has 5 nitrogen and oxygen atoms in total. The average Bonchev–Trinajstić information content (AvgIpc) is 2.63. The molecule has 1 aromatic rings. The Kier molecular flexibility index (Phi) is 5.15. The van der Waals surface area contributed by atoms with Crippen LogP contribution in [0.2, 0.25) is 0 Å². The first kappa shape index (κ1) is 13.7. The van der Waals surface area contributed by atoms with Crippen LogP contribution in [0, 0.1) is 0 Å². The monoisotopic (exact) mass is 238 g/mol. The largest absolute Gasteiger partial charge is 0.341 e. The van der Waals surface area contributed by atoms with Crippen LogP contribution in [0.1, 0.15) is 31.7 Å². The van der Waals surface area contributed by atoms with Gasteiger partial charge in [-0.05, 0) is 19.8 Å². The lowest BCUT2D eigenvalue weighted by Crippen LogP contribution is -2.26. The molecule has 1 atom stereocenters. The fraction of sp³-hybridized carbons (Fsp3) is 0.667. The van der Waals surface area contributed by atoms with Crippen molar-refractivity contribution >= 4 is 5.91 Å². The van der Waals surface area contributed by atoms with Crippen molar-refractivity contribution in [3.8, 4) is 0 Å². The van der Waals surface area contributed by atoms with Gasteiger partial charge in [-0.15, -0.1) is 0 Å². The van der Waals surface area contributed by atoms with Gasteiger partial charge in [0.15, 0.2) is 0 Å². The Bertz CT molecular complexity index is 359.